The Morgan fingerprint density at radius 3 is 2.62 bits per heavy atom. The highest BCUT2D eigenvalue weighted by atomic mass is 16.5. The van der Waals surface area contributed by atoms with Crippen LogP contribution in [0.15, 0.2) is 29.3 Å². The molecule has 1 aliphatic rings. The number of rotatable bonds is 3. The average Bonchev–Trinajstić information content (AvgIpc) is 2.62. The topological polar surface area (TPSA) is 50.9 Å². The number of likely N-dealkylation sites (N-methyl/N-ethyl adjacent to an activating group) is 1. The second-order valence-corrected chi connectivity index (χ2v) is 4.00. The third-order valence-electron chi connectivity index (χ3n) is 2.93. The maximum Gasteiger partial charge on any atom is 0.191 e. The molecule has 0 aliphatic carbocycles. The fourth-order valence-electron chi connectivity index (χ4n) is 1.91. The van der Waals surface area contributed by atoms with Gasteiger partial charge in [0, 0.05) is 14.2 Å². The number of methoxy groups -OCH3 is 1. The monoisotopic (exact) mass is 219 g/mol. The van der Waals surface area contributed by atoms with Crippen LogP contribution in [0.5, 0.6) is 0 Å². The molecule has 0 bridgehead atoms. The van der Waals surface area contributed by atoms with Crippen molar-refractivity contribution in [2.24, 2.45) is 10.7 Å². The van der Waals surface area contributed by atoms with Crippen LogP contribution >= 0.6 is 0 Å². The lowest BCUT2D eigenvalue weighted by Crippen LogP contribution is -2.32. The molecule has 0 saturated heterocycles. The summed E-state index contributed by atoms with van der Waals surface area (Å²) in [6, 6.07) is 8.67. The molecule has 0 fully saturated rings. The highest BCUT2D eigenvalue weighted by Crippen LogP contribution is 2.23. The first kappa shape index (κ1) is 11.0. The van der Waals surface area contributed by atoms with Crippen LogP contribution in [0.1, 0.15) is 17.2 Å². The number of benzene rings is 1. The Hall–Kier alpha value is -1.55. The second kappa shape index (κ2) is 4.53. The van der Waals surface area contributed by atoms with Crippen LogP contribution in [0.4, 0.5) is 0 Å². The lowest BCUT2D eigenvalue weighted by molar-refractivity contribution is 0.185. The predicted molar refractivity (Wildman–Crippen MR) is 64.1 cm³/mol. The summed E-state index contributed by atoms with van der Waals surface area (Å²) in [4.78, 5) is 6.23. The van der Waals surface area contributed by atoms with Gasteiger partial charge in [-0.2, -0.15) is 0 Å². The lowest BCUT2D eigenvalue weighted by atomic mass is 10.0. The van der Waals surface area contributed by atoms with Crippen LogP contribution in [0.25, 0.3) is 0 Å². The van der Waals surface area contributed by atoms with Gasteiger partial charge in [0.15, 0.2) is 5.96 Å². The van der Waals surface area contributed by atoms with Crippen molar-refractivity contribution < 1.29 is 4.74 Å². The molecule has 4 nitrogen and oxygen atoms in total. The summed E-state index contributed by atoms with van der Waals surface area (Å²) in [5, 5.41) is 0. The molecule has 1 heterocycles. The highest BCUT2D eigenvalue weighted by Gasteiger charge is 2.23. The minimum Gasteiger partial charge on any atom is -0.380 e. The molecule has 0 aromatic heterocycles. The third-order valence-corrected chi connectivity index (χ3v) is 2.93. The molecule has 86 valence electrons. The average molecular weight is 219 g/mol. The number of aliphatic imine (C=N–C) groups is 1. The van der Waals surface area contributed by atoms with Crippen molar-refractivity contribution in [2.45, 2.75) is 12.6 Å². The van der Waals surface area contributed by atoms with Gasteiger partial charge in [-0.3, -0.25) is 4.99 Å². The summed E-state index contributed by atoms with van der Waals surface area (Å²) in [6.45, 7) is 1.39. The van der Waals surface area contributed by atoms with Crippen LogP contribution in [-0.2, 0) is 11.3 Å². The molecule has 1 atom stereocenters. The molecule has 1 aliphatic heterocycles. The zero-order valence-electron chi connectivity index (χ0n) is 9.68. The van der Waals surface area contributed by atoms with Crippen molar-refractivity contribution in [3.8, 4) is 0 Å². The zero-order valence-corrected chi connectivity index (χ0v) is 9.68. The van der Waals surface area contributed by atoms with E-state index in [9.17, 15) is 0 Å². The van der Waals surface area contributed by atoms with Crippen LogP contribution < -0.4 is 5.73 Å². The first-order valence-electron chi connectivity index (χ1n) is 5.33. The number of hydrogen-bond acceptors (Lipinski definition) is 4. The van der Waals surface area contributed by atoms with E-state index < -0.39 is 0 Å². The van der Waals surface area contributed by atoms with Crippen molar-refractivity contribution in [1.29, 1.82) is 0 Å². The van der Waals surface area contributed by atoms with Crippen molar-refractivity contribution in [3.05, 3.63) is 35.4 Å². The van der Waals surface area contributed by atoms with Gasteiger partial charge in [0.1, 0.15) is 0 Å². The van der Waals surface area contributed by atoms with Gasteiger partial charge in [0.2, 0.25) is 0 Å². The van der Waals surface area contributed by atoms with Gasteiger partial charge >= 0.3 is 0 Å². The summed E-state index contributed by atoms with van der Waals surface area (Å²) in [5.41, 5.74) is 8.16. The van der Waals surface area contributed by atoms with E-state index in [1.807, 2.05) is 11.9 Å². The van der Waals surface area contributed by atoms with E-state index in [1.165, 1.54) is 11.1 Å². The second-order valence-electron chi connectivity index (χ2n) is 4.00. The SMILES string of the molecule is COCc1ccc(C2CN=C(N)N2C)cc1. The van der Waals surface area contributed by atoms with Crippen molar-refractivity contribution in [1.82, 2.24) is 4.90 Å². The molecular weight excluding hydrogens is 202 g/mol. The standard InChI is InChI=1S/C12H17N3O/c1-15-11(7-14-12(15)13)10-5-3-9(4-6-10)8-16-2/h3-6,11H,7-8H2,1-2H3,(H2,13,14). The minimum atomic E-state index is 0.275. The molecule has 16 heavy (non-hydrogen) atoms. The molecule has 1 aromatic carbocycles. The van der Waals surface area contributed by atoms with E-state index in [0.29, 0.717) is 12.6 Å². The van der Waals surface area contributed by atoms with E-state index in [-0.39, 0.29) is 6.04 Å². The molecule has 0 spiro atoms. The molecule has 0 saturated carbocycles. The molecule has 2 N–H and O–H groups in total. The van der Waals surface area contributed by atoms with Gasteiger partial charge in [-0.05, 0) is 11.1 Å². The lowest BCUT2D eigenvalue weighted by Gasteiger charge is -2.21. The Bertz CT molecular complexity index is 386. The van der Waals surface area contributed by atoms with E-state index >= 15 is 0 Å². The molecule has 1 aromatic rings. The van der Waals surface area contributed by atoms with Crippen molar-refractivity contribution in [3.63, 3.8) is 0 Å². The van der Waals surface area contributed by atoms with Gasteiger partial charge in [-0.15, -0.1) is 0 Å². The van der Waals surface area contributed by atoms with Crippen LogP contribution in [0.2, 0.25) is 0 Å². The van der Waals surface area contributed by atoms with E-state index in [2.05, 4.69) is 29.3 Å². The molecule has 2 rings (SSSR count). The van der Waals surface area contributed by atoms with Crippen LogP contribution in [-0.4, -0.2) is 31.6 Å². The largest absolute Gasteiger partial charge is 0.380 e. The van der Waals surface area contributed by atoms with E-state index in [1.54, 1.807) is 7.11 Å². The number of nitrogens with two attached hydrogens (primary N) is 1. The number of hydrogen-bond donors (Lipinski definition) is 1. The molecule has 1 unspecified atom stereocenters. The van der Waals surface area contributed by atoms with E-state index in [4.69, 9.17) is 10.5 Å². The number of nitrogens with zero attached hydrogens (tertiary/aromatic N) is 2. The predicted octanol–water partition coefficient (Wildman–Crippen LogP) is 1.13. The first-order valence-corrected chi connectivity index (χ1v) is 5.33. The zero-order chi connectivity index (χ0) is 11.5. The Kier molecular flexibility index (Phi) is 3.10. The van der Waals surface area contributed by atoms with Crippen molar-refractivity contribution in [2.75, 3.05) is 20.7 Å². The summed E-state index contributed by atoms with van der Waals surface area (Å²) in [6.07, 6.45) is 0. The molecular formula is C12H17N3O. The van der Waals surface area contributed by atoms with Gasteiger partial charge in [-0.1, -0.05) is 24.3 Å². The number of ether oxygens (including phenoxy) is 1. The summed E-state index contributed by atoms with van der Waals surface area (Å²) in [7, 11) is 3.67. The van der Waals surface area contributed by atoms with Crippen LogP contribution in [0.3, 0.4) is 0 Å². The Morgan fingerprint density at radius 1 is 1.44 bits per heavy atom. The maximum atomic E-state index is 5.74. The van der Waals surface area contributed by atoms with E-state index in [0.717, 1.165) is 6.54 Å². The van der Waals surface area contributed by atoms with Crippen molar-refractivity contribution >= 4 is 5.96 Å². The minimum absolute atomic E-state index is 0.275. The summed E-state index contributed by atoms with van der Waals surface area (Å²) >= 11 is 0. The smallest absolute Gasteiger partial charge is 0.191 e. The fraction of sp³-hybridized carbons (Fsp3) is 0.417. The summed E-state index contributed by atoms with van der Waals surface area (Å²) in [5.74, 6) is 0.617. The summed E-state index contributed by atoms with van der Waals surface area (Å²) < 4.78 is 5.08. The Morgan fingerprint density at radius 2 is 2.12 bits per heavy atom. The van der Waals surface area contributed by atoms with Gasteiger partial charge in [0.25, 0.3) is 0 Å². The normalized spacial score (nSPS) is 20.0. The molecule has 4 heteroatoms. The van der Waals surface area contributed by atoms with Gasteiger partial charge < -0.3 is 15.4 Å². The van der Waals surface area contributed by atoms with Gasteiger partial charge in [0.05, 0.1) is 19.2 Å². The Balaban J connectivity index is 2.11. The fourth-order valence-corrected chi connectivity index (χ4v) is 1.91. The molecule has 0 amide bonds. The number of guanidine groups is 1. The van der Waals surface area contributed by atoms with Gasteiger partial charge in [-0.25, -0.2) is 0 Å². The maximum absolute atomic E-state index is 5.74. The Labute approximate surface area is 95.7 Å². The quantitative estimate of drug-likeness (QED) is 0.829. The first-order chi connectivity index (χ1) is 7.72. The highest BCUT2D eigenvalue weighted by molar-refractivity contribution is 5.80. The van der Waals surface area contributed by atoms with Crippen LogP contribution in [0, 0.1) is 0 Å². The third kappa shape index (κ3) is 2.02. The molecule has 0 radical (unpaired) electrons.